The molecule has 0 aliphatic heterocycles. The Morgan fingerprint density at radius 2 is 1.95 bits per heavy atom. The maximum Gasteiger partial charge on any atom is 0.407 e. The van der Waals surface area contributed by atoms with Crippen molar-refractivity contribution >= 4 is 14.2 Å². The van der Waals surface area contributed by atoms with Crippen LogP contribution in [0.25, 0.3) is 0 Å². The fourth-order valence-electron chi connectivity index (χ4n) is 1.65. The van der Waals surface area contributed by atoms with Gasteiger partial charge in [0.2, 0.25) is 0 Å². The van der Waals surface area contributed by atoms with E-state index in [2.05, 4.69) is 36.7 Å². The fraction of sp³-hybridized carbons (Fsp3) is 0.438. The summed E-state index contributed by atoms with van der Waals surface area (Å²) in [6.45, 7) is 9.16. The van der Waals surface area contributed by atoms with Crippen LogP contribution in [-0.4, -0.2) is 20.2 Å². The molecule has 1 rings (SSSR count). The second-order valence-electron chi connectivity index (χ2n) is 6.11. The van der Waals surface area contributed by atoms with Gasteiger partial charge in [0.25, 0.3) is 0 Å². The zero-order chi connectivity index (χ0) is 15.0. The van der Waals surface area contributed by atoms with Crippen LogP contribution in [0.4, 0.5) is 4.79 Å². The van der Waals surface area contributed by atoms with Gasteiger partial charge in [-0.3, -0.25) is 0 Å². The van der Waals surface area contributed by atoms with E-state index in [9.17, 15) is 4.79 Å². The molecule has 0 spiro atoms. The summed E-state index contributed by atoms with van der Waals surface area (Å²) >= 11 is 0. The molecule has 0 saturated carbocycles. The summed E-state index contributed by atoms with van der Waals surface area (Å²) in [5.41, 5.74) is 3.29. The lowest BCUT2D eigenvalue weighted by atomic mass is 10.2. The number of hydrogen-bond donors (Lipinski definition) is 1. The molecular weight excluding hydrogens is 266 g/mol. The maximum atomic E-state index is 11.6. The summed E-state index contributed by atoms with van der Waals surface area (Å²) < 4.78 is 5.18. The third kappa shape index (κ3) is 7.79. The highest BCUT2D eigenvalue weighted by Crippen LogP contribution is 2.04. The van der Waals surface area contributed by atoms with E-state index in [0.29, 0.717) is 6.61 Å². The van der Waals surface area contributed by atoms with Crippen LogP contribution < -0.4 is 5.32 Å². The molecule has 1 amide bonds. The molecule has 1 atom stereocenters. The van der Waals surface area contributed by atoms with Gasteiger partial charge >= 0.3 is 6.09 Å². The van der Waals surface area contributed by atoms with Crippen LogP contribution in [0, 0.1) is 0 Å². The van der Waals surface area contributed by atoms with E-state index < -0.39 is 8.07 Å². The van der Waals surface area contributed by atoms with Crippen molar-refractivity contribution in [3.63, 3.8) is 0 Å². The predicted molar refractivity (Wildman–Crippen MR) is 86.3 cm³/mol. The third-order valence-corrected chi connectivity index (χ3v) is 3.92. The molecular formula is C16H25NO2Si. The van der Waals surface area contributed by atoms with Gasteiger partial charge in [-0.15, -0.1) is 0 Å². The van der Waals surface area contributed by atoms with Crippen molar-refractivity contribution in [1.29, 1.82) is 0 Å². The molecule has 0 fully saturated rings. The number of ether oxygens (including phenoxy) is 1. The quantitative estimate of drug-likeness (QED) is 0.800. The van der Waals surface area contributed by atoms with Gasteiger partial charge in [-0.2, -0.15) is 0 Å². The minimum Gasteiger partial charge on any atom is -0.445 e. The first-order chi connectivity index (χ1) is 9.37. The van der Waals surface area contributed by atoms with Gasteiger partial charge in [-0.05, 0) is 18.9 Å². The molecule has 1 aromatic rings. The first kappa shape index (κ1) is 16.5. The Bertz CT molecular complexity index is 438. The summed E-state index contributed by atoms with van der Waals surface area (Å²) in [6, 6.07) is 9.77. The van der Waals surface area contributed by atoms with E-state index in [1.54, 1.807) is 0 Å². The smallest absolute Gasteiger partial charge is 0.407 e. The number of nitrogens with one attached hydrogen (secondary N) is 1. The van der Waals surface area contributed by atoms with Crippen LogP contribution >= 0.6 is 0 Å². The van der Waals surface area contributed by atoms with E-state index in [4.69, 9.17) is 4.74 Å². The van der Waals surface area contributed by atoms with Crippen LogP contribution in [0.2, 0.25) is 19.6 Å². The Balaban J connectivity index is 2.26. The number of benzene rings is 1. The number of hydrogen-bond acceptors (Lipinski definition) is 2. The molecule has 0 bridgehead atoms. The lowest BCUT2D eigenvalue weighted by Crippen LogP contribution is -2.32. The van der Waals surface area contributed by atoms with Gasteiger partial charge in [0.15, 0.2) is 0 Å². The minimum absolute atomic E-state index is 0.0888. The second-order valence-corrected chi connectivity index (χ2v) is 11.2. The lowest BCUT2D eigenvalue weighted by Gasteiger charge is -2.13. The number of rotatable bonds is 6. The monoisotopic (exact) mass is 291 g/mol. The summed E-state index contributed by atoms with van der Waals surface area (Å²) in [4.78, 5) is 11.6. The Morgan fingerprint density at radius 3 is 2.55 bits per heavy atom. The standard InChI is InChI=1S/C16H25NO2Si/c1-14(9-8-12-20(2,3)4)17-16(18)19-13-15-10-6-5-7-11-15/h5-8,10-12,14H,9,13H2,1-4H3,(H,17,18)/b12-8-. The molecule has 20 heavy (non-hydrogen) atoms. The maximum absolute atomic E-state index is 11.6. The van der Waals surface area contributed by atoms with Crippen molar-refractivity contribution in [3.8, 4) is 0 Å². The number of carbonyl (C=O) groups is 1. The van der Waals surface area contributed by atoms with Crippen LogP contribution in [0.3, 0.4) is 0 Å². The van der Waals surface area contributed by atoms with Crippen LogP contribution in [0.5, 0.6) is 0 Å². The summed E-state index contributed by atoms with van der Waals surface area (Å²) in [5.74, 6) is 0. The summed E-state index contributed by atoms with van der Waals surface area (Å²) in [7, 11) is -1.15. The first-order valence-electron chi connectivity index (χ1n) is 7.02. The van der Waals surface area contributed by atoms with Crippen LogP contribution in [0.1, 0.15) is 18.9 Å². The Kier molecular flexibility index (Phi) is 6.52. The highest BCUT2D eigenvalue weighted by Gasteiger charge is 2.09. The van der Waals surface area contributed by atoms with Crippen molar-refractivity contribution < 1.29 is 9.53 Å². The largest absolute Gasteiger partial charge is 0.445 e. The normalized spacial score (nSPS) is 13.2. The minimum atomic E-state index is -1.15. The molecule has 1 N–H and O–H groups in total. The number of carbonyl (C=O) groups excluding carboxylic acids is 1. The Morgan fingerprint density at radius 1 is 1.30 bits per heavy atom. The van der Waals surface area contributed by atoms with E-state index in [0.717, 1.165) is 12.0 Å². The summed E-state index contributed by atoms with van der Waals surface area (Å²) in [6.07, 6.45) is 2.64. The molecule has 0 radical (unpaired) electrons. The molecule has 3 nitrogen and oxygen atoms in total. The van der Waals surface area contributed by atoms with Crippen LogP contribution in [0.15, 0.2) is 42.1 Å². The van der Waals surface area contributed by atoms with Gasteiger partial charge < -0.3 is 10.1 Å². The van der Waals surface area contributed by atoms with Crippen molar-refractivity contribution in [2.45, 2.75) is 45.6 Å². The SMILES string of the molecule is CC(C/C=C\[Si](C)(C)C)NC(=O)OCc1ccccc1. The van der Waals surface area contributed by atoms with Crippen molar-refractivity contribution in [1.82, 2.24) is 5.32 Å². The molecule has 0 aliphatic carbocycles. The molecule has 1 unspecified atom stereocenters. The van der Waals surface area contributed by atoms with Gasteiger partial charge in [-0.25, -0.2) is 4.79 Å². The van der Waals surface area contributed by atoms with Crippen LogP contribution in [-0.2, 0) is 11.3 Å². The predicted octanol–water partition coefficient (Wildman–Crippen LogP) is 4.13. The lowest BCUT2D eigenvalue weighted by molar-refractivity contribution is 0.136. The molecule has 110 valence electrons. The van der Waals surface area contributed by atoms with Crippen molar-refractivity contribution in [3.05, 3.63) is 47.7 Å². The second kappa shape index (κ2) is 7.90. The number of amides is 1. The van der Waals surface area contributed by atoms with E-state index in [1.165, 1.54) is 0 Å². The first-order valence-corrected chi connectivity index (χ1v) is 10.6. The zero-order valence-electron chi connectivity index (χ0n) is 12.8. The van der Waals surface area contributed by atoms with E-state index in [1.807, 2.05) is 37.3 Å². The van der Waals surface area contributed by atoms with Crippen molar-refractivity contribution in [2.75, 3.05) is 0 Å². The highest BCUT2D eigenvalue weighted by molar-refractivity contribution is 6.80. The van der Waals surface area contributed by atoms with Gasteiger partial charge in [-0.1, -0.05) is 61.7 Å². The molecule has 4 heteroatoms. The van der Waals surface area contributed by atoms with Gasteiger partial charge in [0, 0.05) is 6.04 Å². The molecule has 0 aromatic heterocycles. The summed E-state index contributed by atoms with van der Waals surface area (Å²) in [5, 5.41) is 2.84. The Labute approximate surface area is 123 Å². The third-order valence-electron chi connectivity index (χ3n) is 2.68. The molecule has 0 heterocycles. The Hall–Kier alpha value is -1.55. The fourth-order valence-corrected chi connectivity index (χ4v) is 2.49. The van der Waals surface area contributed by atoms with E-state index >= 15 is 0 Å². The van der Waals surface area contributed by atoms with E-state index in [-0.39, 0.29) is 12.1 Å². The molecule has 1 aromatic carbocycles. The highest BCUT2D eigenvalue weighted by atomic mass is 28.3. The molecule has 0 saturated heterocycles. The zero-order valence-corrected chi connectivity index (χ0v) is 13.8. The topological polar surface area (TPSA) is 38.3 Å². The molecule has 0 aliphatic rings. The average Bonchev–Trinajstić information content (AvgIpc) is 2.36. The van der Waals surface area contributed by atoms with Crippen molar-refractivity contribution in [2.24, 2.45) is 0 Å². The average molecular weight is 291 g/mol. The number of alkyl carbamates (subject to hydrolysis) is 1. The van der Waals surface area contributed by atoms with Gasteiger partial charge in [0.1, 0.15) is 6.61 Å². The van der Waals surface area contributed by atoms with Gasteiger partial charge in [0.05, 0.1) is 8.07 Å².